The molecular formula is C14H10Br2O4. The third kappa shape index (κ3) is 3.52. The number of benzene rings is 2. The van der Waals surface area contributed by atoms with Gasteiger partial charge in [-0.15, -0.1) is 0 Å². The quantitative estimate of drug-likeness (QED) is 0.805. The molecule has 0 aromatic heterocycles. The topological polar surface area (TPSA) is 66.8 Å². The lowest BCUT2D eigenvalue weighted by molar-refractivity contribution is 0.0693. The molecule has 0 heterocycles. The molecule has 0 amide bonds. The zero-order chi connectivity index (χ0) is 14.7. The number of rotatable bonds is 4. The fourth-order valence-electron chi connectivity index (χ4n) is 1.57. The largest absolute Gasteiger partial charge is 0.506 e. The average molecular weight is 402 g/mol. The lowest BCUT2D eigenvalue weighted by Crippen LogP contribution is -2.00. The van der Waals surface area contributed by atoms with Gasteiger partial charge >= 0.3 is 5.97 Å². The first kappa shape index (κ1) is 14.9. The summed E-state index contributed by atoms with van der Waals surface area (Å²) >= 11 is 6.45. The summed E-state index contributed by atoms with van der Waals surface area (Å²) in [7, 11) is 0. The molecule has 0 atom stereocenters. The van der Waals surface area contributed by atoms with Crippen molar-refractivity contribution in [1.82, 2.24) is 0 Å². The molecule has 0 radical (unpaired) electrons. The van der Waals surface area contributed by atoms with Gasteiger partial charge in [0.25, 0.3) is 0 Å². The summed E-state index contributed by atoms with van der Waals surface area (Å²) in [6, 6.07) is 10.4. The molecule has 0 bridgehead atoms. The Labute approximate surface area is 132 Å². The van der Waals surface area contributed by atoms with Gasteiger partial charge in [0, 0.05) is 4.47 Å². The van der Waals surface area contributed by atoms with Gasteiger partial charge in [0.05, 0.1) is 4.47 Å². The lowest BCUT2D eigenvalue weighted by Gasteiger charge is -2.09. The Bertz CT molecular complexity index is 638. The molecule has 2 aromatic carbocycles. The van der Waals surface area contributed by atoms with Crippen LogP contribution in [0.15, 0.2) is 45.3 Å². The van der Waals surface area contributed by atoms with E-state index in [4.69, 9.17) is 9.84 Å². The fourth-order valence-corrected chi connectivity index (χ4v) is 2.27. The van der Waals surface area contributed by atoms with E-state index in [-0.39, 0.29) is 15.8 Å². The molecule has 4 nitrogen and oxygen atoms in total. The number of carbonyl (C=O) groups is 1. The number of carboxylic acid groups (broad SMARTS) is 1. The van der Waals surface area contributed by atoms with Crippen LogP contribution in [0.3, 0.4) is 0 Å². The second-order valence-corrected chi connectivity index (χ2v) is 5.79. The van der Waals surface area contributed by atoms with Gasteiger partial charge in [0.1, 0.15) is 23.7 Å². The van der Waals surface area contributed by atoms with Crippen molar-refractivity contribution in [3.63, 3.8) is 0 Å². The number of aromatic hydroxyl groups is 1. The monoisotopic (exact) mass is 400 g/mol. The van der Waals surface area contributed by atoms with Crippen LogP contribution in [0.25, 0.3) is 0 Å². The highest BCUT2D eigenvalue weighted by Crippen LogP contribution is 2.33. The first-order valence-corrected chi connectivity index (χ1v) is 7.19. The number of phenols is 1. The first-order valence-electron chi connectivity index (χ1n) is 5.60. The maximum absolute atomic E-state index is 11.0. The van der Waals surface area contributed by atoms with E-state index in [1.165, 1.54) is 12.1 Å². The van der Waals surface area contributed by atoms with Crippen molar-refractivity contribution in [1.29, 1.82) is 0 Å². The average Bonchev–Trinajstić information content (AvgIpc) is 2.41. The number of ether oxygens (including phenoxy) is 1. The predicted molar refractivity (Wildman–Crippen MR) is 81.2 cm³/mol. The van der Waals surface area contributed by atoms with Gasteiger partial charge in [-0.2, -0.15) is 0 Å². The molecule has 0 aliphatic carbocycles. The van der Waals surface area contributed by atoms with Crippen molar-refractivity contribution in [2.45, 2.75) is 6.61 Å². The molecule has 6 heteroatoms. The molecule has 20 heavy (non-hydrogen) atoms. The minimum Gasteiger partial charge on any atom is -0.506 e. The Morgan fingerprint density at radius 1 is 1.15 bits per heavy atom. The molecule has 0 unspecified atom stereocenters. The molecule has 0 saturated heterocycles. The van der Waals surface area contributed by atoms with Crippen LogP contribution < -0.4 is 4.74 Å². The van der Waals surface area contributed by atoms with Gasteiger partial charge in [-0.25, -0.2) is 4.79 Å². The normalized spacial score (nSPS) is 10.3. The molecule has 2 rings (SSSR count). The lowest BCUT2D eigenvalue weighted by atomic mass is 10.2. The Morgan fingerprint density at radius 3 is 2.40 bits per heavy atom. The van der Waals surface area contributed by atoms with Crippen LogP contribution in [0.2, 0.25) is 0 Å². The summed E-state index contributed by atoms with van der Waals surface area (Å²) < 4.78 is 6.79. The van der Waals surface area contributed by atoms with Crippen molar-refractivity contribution >= 4 is 37.8 Å². The van der Waals surface area contributed by atoms with Gasteiger partial charge in [-0.3, -0.25) is 0 Å². The third-order valence-corrected chi connectivity index (χ3v) is 3.72. The number of carboxylic acids is 1. The van der Waals surface area contributed by atoms with Crippen molar-refractivity contribution in [3.05, 3.63) is 56.5 Å². The molecule has 104 valence electrons. The molecule has 2 aromatic rings. The highest BCUT2D eigenvalue weighted by atomic mass is 79.9. The molecule has 0 saturated carbocycles. The zero-order valence-corrected chi connectivity index (χ0v) is 13.3. The minimum absolute atomic E-state index is 0.204. The Morgan fingerprint density at radius 2 is 1.80 bits per heavy atom. The van der Waals surface area contributed by atoms with Gasteiger partial charge in [0.2, 0.25) is 0 Å². The molecular weight excluding hydrogens is 392 g/mol. The van der Waals surface area contributed by atoms with Crippen molar-refractivity contribution in [2.24, 2.45) is 0 Å². The number of halogens is 2. The van der Waals surface area contributed by atoms with Gasteiger partial charge in [-0.05, 0) is 45.8 Å². The van der Waals surface area contributed by atoms with Crippen LogP contribution in [-0.2, 0) is 6.61 Å². The van der Waals surface area contributed by atoms with E-state index in [9.17, 15) is 9.90 Å². The summed E-state index contributed by atoms with van der Waals surface area (Å²) in [5.74, 6) is -1.15. The van der Waals surface area contributed by atoms with Crippen LogP contribution in [0, 0.1) is 0 Å². The minimum atomic E-state index is -1.21. The van der Waals surface area contributed by atoms with E-state index >= 15 is 0 Å². The van der Waals surface area contributed by atoms with Crippen molar-refractivity contribution < 1.29 is 19.7 Å². The van der Waals surface area contributed by atoms with E-state index in [0.29, 0.717) is 12.4 Å². The SMILES string of the molecule is O=C(O)c1cc(OCc2ccc(Br)cc2)cc(Br)c1O. The van der Waals surface area contributed by atoms with E-state index in [2.05, 4.69) is 31.9 Å². The Hall–Kier alpha value is -1.53. The predicted octanol–water partition coefficient (Wildman–Crippen LogP) is 4.19. The van der Waals surface area contributed by atoms with Crippen LogP contribution in [0.4, 0.5) is 0 Å². The highest BCUT2D eigenvalue weighted by Gasteiger charge is 2.15. The fraction of sp³-hybridized carbons (Fsp3) is 0.0714. The maximum atomic E-state index is 11.0. The maximum Gasteiger partial charge on any atom is 0.339 e. The standard InChI is InChI=1S/C14H10Br2O4/c15-9-3-1-8(2-4-9)7-20-10-5-11(14(18)19)13(17)12(16)6-10/h1-6,17H,7H2,(H,18,19). The van der Waals surface area contributed by atoms with Crippen molar-refractivity contribution in [2.75, 3.05) is 0 Å². The zero-order valence-electron chi connectivity index (χ0n) is 10.1. The summed E-state index contributed by atoms with van der Waals surface area (Å²) in [6.07, 6.45) is 0. The molecule has 0 spiro atoms. The van der Waals surface area contributed by atoms with Crippen LogP contribution >= 0.6 is 31.9 Å². The number of hydrogen-bond acceptors (Lipinski definition) is 3. The van der Waals surface area contributed by atoms with Crippen LogP contribution in [0.1, 0.15) is 15.9 Å². The highest BCUT2D eigenvalue weighted by molar-refractivity contribution is 9.10. The first-order chi connectivity index (χ1) is 9.47. The van der Waals surface area contributed by atoms with E-state index < -0.39 is 5.97 Å². The summed E-state index contributed by atoms with van der Waals surface area (Å²) in [5, 5.41) is 18.6. The van der Waals surface area contributed by atoms with Crippen molar-refractivity contribution in [3.8, 4) is 11.5 Å². The Kier molecular flexibility index (Phi) is 4.67. The van der Waals surface area contributed by atoms with Crippen LogP contribution in [0.5, 0.6) is 11.5 Å². The molecule has 0 aliphatic heterocycles. The second-order valence-electron chi connectivity index (χ2n) is 4.02. The van der Waals surface area contributed by atoms with Gasteiger partial charge in [-0.1, -0.05) is 28.1 Å². The molecule has 2 N–H and O–H groups in total. The summed E-state index contributed by atoms with van der Waals surface area (Å²) in [5.41, 5.74) is 0.749. The van der Waals surface area contributed by atoms with Gasteiger partial charge < -0.3 is 14.9 Å². The third-order valence-electron chi connectivity index (χ3n) is 2.59. The molecule has 0 aliphatic rings. The second kappa shape index (κ2) is 6.28. The summed E-state index contributed by atoms with van der Waals surface area (Å²) in [4.78, 5) is 11.0. The summed E-state index contributed by atoms with van der Waals surface area (Å²) in [6.45, 7) is 0.309. The van der Waals surface area contributed by atoms with E-state index in [1.54, 1.807) is 0 Å². The van der Waals surface area contributed by atoms with Gasteiger partial charge in [0.15, 0.2) is 0 Å². The Balaban J connectivity index is 2.17. The number of hydrogen-bond donors (Lipinski definition) is 2. The van der Waals surface area contributed by atoms with E-state index in [1.807, 2.05) is 24.3 Å². The molecule has 0 fully saturated rings. The smallest absolute Gasteiger partial charge is 0.339 e. The van der Waals surface area contributed by atoms with Crippen LogP contribution in [-0.4, -0.2) is 16.2 Å². The number of aromatic carboxylic acids is 1. The van der Waals surface area contributed by atoms with E-state index in [0.717, 1.165) is 10.0 Å².